The van der Waals surface area contributed by atoms with Crippen LogP contribution in [0.1, 0.15) is 18.4 Å². The fraction of sp³-hybridized carbons (Fsp3) is 0.500. The van der Waals surface area contributed by atoms with E-state index in [4.69, 9.17) is 5.73 Å². The third kappa shape index (κ3) is 2.82. The van der Waals surface area contributed by atoms with E-state index in [9.17, 15) is 4.79 Å². The second kappa shape index (κ2) is 5.87. The van der Waals surface area contributed by atoms with E-state index in [1.54, 1.807) is 7.05 Å². The highest BCUT2D eigenvalue weighted by molar-refractivity contribution is 5.79. The quantitative estimate of drug-likeness (QED) is 0.841. The van der Waals surface area contributed by atoms with Crippen LogP contribution in [-0.4, -0.2) is 26.0 Å². The summed E-state index contributed by atoms with van der Waals surface area (Å²) < 4.78 is 0. The molecule has 0 aromatic heterocycles. The number of anilines is 1. The summed E-state index contributed by atoms with van der Waals surface area (Å²) in [5, 5.41) is 2.74. The molecule has 1 saturated heterocycles. The summed E-state index contributed by atoms with van der Waals surface area (Å²) in [6.07, 6.45) is 2.04. The summed E-state index contributed by atoms with van der Waals surface area (Å²) in [5.74, 6) is 0.250. The number of benzene rings is 1. The molecule has 1 aliphatic rings. The van der Waals surface area contributed by atoms with E-state index in [2.05, 4.69) is 22.3 Å². The first-order valence-corrected chi connectivity index (χ1v) is 6.50. The standard InChI is InChI=1S/C14H21N3O/c1-16-14(18)12-5-3-7-17(10-12)13-6-2-4-11(8-13)9-15/h2,4,6,8,12H,3,5,7,9-10,15H2,1H3,(H,16,18). The van der Waals surface area contributed by atoms with Crippen molar-refractivity contribution in [3.8, 4) is 0 Å². The van der Waals surface area contributed by atoms with Gasteiger partial charge in [-0.25, -0.2) is 0 Å². The van der Waals surface area contributed by atoms with Gasteiger partial charge in [-0.3, -0.25) is 4.79 Å². The Bertz CT molecular complexity index is 419. The van der Waals surface area contributed by atoms with Crippen molar-refractivity contribution in [2.45, 2.75) is 19.4 Å². The fourth-order valence-electron chi connectivity index (χ4n) is 2.51. The molecule has 3 N–H and O–H groups in total. The molecule has 0 bridgehead atoms. The molecular formula is C14H21N3O. The lowest BCUT2D eigenvalue weighted by molar-refractivity contribution is -0.124. The molecule has 0 aliphatic carbocycles. The summed E-state index contributed by atoms with van der Waals surface area (Å²) in [6.45, 7) is 2.37. The molecule has 4 nitrogen and oxygen atoms in total. The molecule has 98 valence electrons. The number of amides is 1. The van der Waals surface area contributed by atoms with Gasteiger partial charge in [0.25, 0.3) is 0 Å². The van der Waals surface area contributed by atoms with Crippen molar-refractivity contribution in [2.75, 3.05) is 25.0 Å². The molecule has 0 spiro atoms. The number of carbonyl (C=O) groups excluding carboxylic acids is 1. The van der Waals surface area contributed by atoms with Crippen LogP contribution in [0.3, 0.4) is 0 Å². The Morgan fingerprint density at radius 3 is 3.11 bits per heavy atom. The third-order valence-electron chi connectivity index (χ3n) is 3.55. The molecule has 1 atom stereocenters. The van der Waals surface area contributed by atoms with Crippen molar-refractivity contribution in [1.29, 1.82) is 0 Å². The van der Waals surface area contributed by atoms with Crippen LogP contribution in [0.15, 0.2) is 24.3 Å². The van der Waals surface area contributed by atoms with Crippen molar-refractivity contribution < 1.29 is 4.79 Å². The predicted octanol–water partition coefficient (Wildman–Crippen LogP) is 1.11. The van der Waals surface area contributed by atoms with Crippen LogP contribution in [0.4, 0.5) is 5.69 Å². The summed E-state index contributed by atoms with van der Waals surface area (Å²) >= 11 is 0. The maximum absolute atomic E-state index is 11.7. The minimum absolute atomic E-state index is 0.102. The number of hydrogen-bond donors (Lipinski definition) is 2. The van der Waals surface area contributed by atoms with Gasteiger partial charge in [-0.05, 0) is 30.5 Å². The van der Waals surface area contributed by atoms with E-state index < -0.39 is 0 Å². The Morgan fingerprint density at radius 1 is 1.56 bits per heavy atom. The van der Waals surface area contributed by atoms with E-state index in [0.29, 0.717) is 6.54 Å². The molecule has 1 heterocycles. The molecule has 2 rings (SSSR count). The molecule has 1 unspecified atom stereocenters. The Hall–Kier alpha value is -1.55. The predicted molar refractivity (Wildman–Crippen MR) is 73.3 cm³/mol. The number of nitrogens with zero attached hydrogens (tertiary/aromatic N) is 1. The van der Waals surface area contributed by atoms with Crippen LogP contribution in [0, 0.1) is 5.92 Å². The van der Waals surface area contributed by atoms with Crippen molar-refractivity contribution in [3.63, 3.8) is 0 Å². The van der Waals surface area contributed by atoms with Gasteiger partial charge >= 0.3 is 0 Å². The number of hydrogen-bond acceptors (Lipinski definition) is 3. The fourth-order valence-corrected chi connectivity index (χ4v) is 2.51. The smallest absolute Gasteiger partial charge is 0.224 e. The Kier molecular flexibility index (Phi) is 4.20. The zero-order valence-electron chi connectivity index (χ0n) is 10.9. The number of carbonyl (C=O) groups is 1. The van der Waals surface area contributed by atoms with E-state index in [1.165, 1.54) is 5.69 Å². The van der Waals surface area contributed by atoms with Crippen molar-refractivity contribution >= 4 is 11.6 Å². The molecule has 1 aromatic rings. The minimum Gasteiger partial charge on any atom is -0.371 e. The van der Waals surface area contributed by atoms with Gasteiger partial charge in [0.05, 0.1) is 5.92 Å². The van der Waals surface area contributed by atoms with Crippen LogP contribution in [-0.2, 0) is 11.3 Å². The number of piperidine rings is 1. The normalized spacial score (nSPS) is 19.7. The van der Waals surface area contributed by atoms with E-state index in [0.717, 1.165) is 31.5 Å². The number of nitrogens with two attached hydrogens (primary N) is 1. The zero-order valence-corrected chi connectivity index (χ0v) is 10.9. The lowest BCUT2D eigenvalue weighted by Crippen LogP contribution is -2.42. The van der Waals surface area contributed by atoms with Gasteiger partial charge in [0.1, 0.15) is 0 Å². The average Bonchev–Trinajstić information content (AvgIpc) is 2.46. The van der Waals surface area contributed by atoms with Crippen molar-refractivity contribution in [2.24, 2.45) is 11.7 Å². The molecule has 1 aromatic carbocycles. The maximum Gasteiger partial charge on any atom is 0.224 e. The highest BCUT2D eigenvalue weighted by atomic mass is 16.1. The van der Waals surface area contributed by atoms with Crippen molar-refractivity contribution in [1.82, 2.24) is 5.32 Å². The van der Waals surface area contributed by atoms with E-state index >= 15 is 0 Å². The number of rotatable bonds is 3. The third-order valence-corrected chi connectivity index (χ3v) is 3.55. The van der Waals surface area contributed by atoms with Gasteiger partial charge in [0, 0.05) is 32.4 Å². The van der Waals surface area contributed by atoms with Gasteiger partial charge < -0.3 is 16.0 Å². The molecular weight excluding hydrogens is 226 g/mol. The van der Waals surface area contributed by atoms with E-state index in [-0.39, 0.29) is 11.8 Å². The summed E-state index contributed by atoms with van der Waals surface area (Å²) in [4.78, 5) is 14.0. The first-order chi connectivity index (χ1) is 8.74. The topological polar surface area (TPSA) is 58.4 Å². The second-order valence-electron chi connectivity index (χ2n) is 4.77. The van der Waals surface area contributed by atoms with E-state index in [1.807, 2.05) is 12.1 Å². The Labute approximate surface area is 108 Å². The average molecular weight is 247 g/mol. The molecule has 4 heteroatoms. The van der Waals surface area contributed by atoms with Crippen LogP contribution >= 0.6 is 0 Å². The van der Waals surface area contributed by atoms with Crippen LogP contribution in [0.2, 0.25) is 0 Å². The van der Waals surface area contributed by atoms with Gasteiger partial charge in [-0.2, -0.15) is 0 Å². The molecule has 0 saturated carbocycles. The van der Waals surface area contributed by atoms with Gasteiger partial charge in [0.2, 0.25) is 5.91 Å². The summed E-state index contributed by atoms with van der Waals surface area (Å²) in [6, 6.07) is 8.27. The van der Waals surface area contributed by atoms with Crippen molar-refractivity contribution in [3.05, 3.63) is 29.8 Å². The monoisotopic (exact) mass is 247 g/mol. The zero-order chi connectivity index (χ0) is 13.0. The number of nitrogens with one attached hydrogen (secondary N) is 1. The van der Waals surface area contributed by atoms with Crippen LogP contribution in [0.25, 0.3) is 0 Å². The van der Waals surface area contributed by atoms with Crippen LogP contribution < -0.4 is 16.0 Å². The minimum atomic E-state index is 0.102. The lowest BCUT2D eigenvalue weighted by atomic mass is 9.96. The highest BCUT2D eigenvalue weighted by Crippen LogP contribution is 2.24. The van der Waals surface area contributed by atoms with Crippen LogP contribution in [0.5, 0.6) is 0 Å². The lowest BCUT2D eigenvalue weighted by Gasteiger charge is -2.33. The Balaban J connectivity index is 2.10. The highest BCUT2D eigenvalue weighted by Gasteiger charge is 2.25. The first kappa shape index (κ1) is 12.9. The van der Waals surface area contributed by atoms with Gasteiger partial charge in [-0.15, -0.1) is 0 Å². The summed E-state index contributed by atoms with van der Waals surface area (Å²) in [7, 11) is 1.70. The molecule has 18 heavy (non-hydrogen) atoms. The van der Waals surface area contributed by atoms with Gasteiger partial charge in [0.15, 0.2) is 0 Å². The molecule has 1 aliphatic heterocycles. The summed E-state index contributed by atoms with van der Waals surface area (Å²) in [5.41, 5.74) is 7.97. The SMILES string of the molecule is CNC(=O)C1CCCN(c2cccc(CN)c2)C1. The Morgan fingerprint density at radius 2 is 2.39 bits per heavy atom. The first-order valence-electron chi connectivity index (χ1n) is 6.50. The largest absolute Gasteiger partial charge is 0.371 e. The molecule has 1 amide bonds. The second-order valence-corrected chi connectivity index (χ2v) is 4.77. The molecule has 0 radical (unpaired) electrons. The van der Waals surface area contributed by atoms with Gasteiger partial charge in [-0.1, -0.05) is 12.1 Å². The molecule has 1 fully saturated rings. The maximum atomic E-state index is 11.7.